The number of carbonyl (C=O) groups is 1. The summed E-state index contributed by atoms with van der Waals surface area (Å²) in [4.78, 5) is 22.3. The maximum absolute atomic E-state index is 13.0. The van der Waals surface area contributed by atoms with Gasteiger partial charge in [-0.3, -0.25) is 4.79 Å². The summed E-state index contributed by atoms with van der Waals surface area (Å²) in [5.74, 6) is 0.314. The zero-order chi connectivity index (χ0) is 18.4. The van der Waals surface area contributed by atoms with Gasteiger partial charge < -0.3 is 15.1 Å². The standard InChI is InChI=1S/C21H23ClN4O/c22-17-6-7-18(23-10-17)20(27)24-19-15-11-25-8-9-26(12-15)14-21(19,13-25)16-4-2-1-3-5-16/h1-7,10,15,19H,8-9,11-14H2,(H,24,27)/t15?,19-,21?/m1/s1. The molecule has 6 heteroatoms. The zero-order valence-corrected chi connectivity index (χ0v) is 15.9. The van der Waals surface area contributed by atoms with E-state index >= 15 is 0 Å². The van der Waals surface area contributed by atoms with Gasteiger partial charge >= 0.3 is 0 Å². The van der Waals surface area contributed by atoms with Crippen LogP contribution in [-0.2, 0) is 5.41 Å². The van der Waals surface area contributed by atoms with E-state index in [1.54, 1.807) is 12.1 Å². The topological polar surface area (TPSA) is 48.5 Å². The maximum Gasteiger partial charge on any atom is 0.270 e. The van der Waals surface area contributed by atoms with Crippen LogP contribution in [0.2, 0.25) is 5.02 Å². The van der Waals surface area contributed by atoms with Crippen LogP contribution in [0.3, 0.4) is 0 Å². The summed E-state index contributed by atoms with van der Waals surface area (Å²) < 4.78 is 0. The molecule has 1 amide bonds. The highest BCUT2D eigenvalue weighted by atomic mass is 35.5. The average molecular weight is 383 g/mol. The number of piperidine rings is 2. The van der Waals surface area contributed by atoms with Crippen LogP contribution in [-0.4, -0.2) is 66.0 Å². The number of pyridine rings is 1. The number of hydrogen-bond acceptors (Lipinski definition) is 4. The normalized spacial score (nSPS) is 34.3. The molecule has 1 N–H and O–H groups in total. The second kappa shape index (κ2) is 6.59. The van der Waals surface area contributed by atoms with Gasteiger partial charge in [0, 0.05) is 62.8 Å². The Hall–Kier alpha value is -1.95. The first kappa shape index (κ1) is 17.2. The quantitative estimate of drug-likeness (QED) is 0.882. The van der Waals surface area contributed by atoms with Crippen LogP contribution in [0.4, 0.5) is 0 Å². The molecule has 2 unspecified atom stereocenters. The SMILES string of the molecule is O=C(N[C@@H]1C2CN3CCN(C2)CC1(c1ccccc1)C3)c1ccc(Cl)cn1. The number of rotatable bonds is 3. The van der Waals surface area contributed by atoms with E-state index in [1.807, 2.05) is 0 Å². The molecule has 0 radical (unpaired) electrons. The molecule has 4 aliphatic heterocycles. The molecule has 5 heterocycles. The third-order valence-electron chi connectivity index (χ3n) is 6.39. The maximum atomic E-state index is 13.0. The summed E-state index contributed by atoms with van der Waals surface area (Å²) in [5, 5.41) is 3.91. The Balaban J connectivity index is 1.51. The summed E-state index contributed by atoms with van der Waals surface area (Å²) >= 11 is 5.92. The second-order valence-corrected chi connectivity index (χ2v) is 8.50. The van der Waals surface area contributed by atoms with E-state index < -0.39 is 0 Å². The van der Waals surface area contributed by atoms with Gasteiger partial charge in [0.25, 0.3) is 5.91 Å². The van der Waals surface area contributed by atoms with Crippen molar-refractivity contribution >= 4 is 17.5 Å². The number of hydrogen-bond donors (Lipinski definition) is 1. The van der Waals surface area contributed by atoms with E-state index in [0.717, 1.165) is 39.3 Å². The molecular formula is C21H23ClN4O. The fraction of sp³-hybridized carbons (Fsp3) is 0.429. The Morgan fingerprint density at radius 1 is 1.07 bits per heavy atom. The first-order valence-electron chi connectivity index (χ1n) is 9.57. The molecule has 1 aromatic heterocycles. The van der Waals surface area contributed by atoms with Crippen LogP contribution in [0.5, 0.6) is 0 Å². The number of amides is 1. The van der Waals surface area contributed by atoms with Gasteiger partial charge in [0.1, 0.15) is 5.69 Å². The van der Waals surface area contributed by atoms with Crippen LogP contribution >= 0.6 is 11.6 Å². The lowest BCUT2D eigenvalue weighted by Gasteiger charge is -2.55. The number of carbonyl (C=O) groups excluding carboxylic acids is 1. The summed E-state index contributed by atoms with van der Waals surface area (Å²) in [5.41, 5.74) is 1.66. The molecule has 0 spiro atoms. The predicted octanol–water partition coefficient (Wildman–Crippen LogP) is 2.03. The van der Waals surface area contributed by atoms with Crippen molar-refractivity contribution in [3.8, 4) is 0 Å². The number of halogens is 1. The van der Waals surface area contributed by atoms with Crippen LogP contribution in [0.1, 0.15) is 16.1 Å². The molecule has 0 saturated carbocycles. The fourth-order valence-corrected chi connectivity index (χ4v) is 5.41. The van der Waals surface area contributed by atoms with Gasteiger partial charge in [-0.25, -0.2) is 4.98 Å². The summed E-state index contributed by atoms with van der Waals surface area (Å²) in [7, 11) is 0. The van der Waals surface area contributed by atoms with Gasteiger partial charge in [0.2, 0.25) is 0 Å². The molecule has 4 fully saturated rings. The molecule has 4 aliphatic rings. The minimum atomic E-state index is -0.108. The molecule has 4 bridgehead atoms. The Morgan fingerprint density at radius 2 is 1.78 bits per heavy atom. The first-order chi connectivity index (χ1) is 13.1. The Kier molecular flexibility index (Phi) is 4.19. The number of aromatic nitrogens is 1. The van der Waals surface area contributed by atoms with Crippen LogP contribution in [0, 0.1) is 5.92 Å². The van der Waals surface area contributed by atoms with E-state index in [4.69, 9.17) is 11.6 Å². The second-order valence-electron chi connectivity index (χ2n) is 8.07. The zero-order valence-electron chi connectivity index (χ0n) is 15.1. The smallest absolute Gasteiger partial charge is 0.270 e. The van der Waals surface area contributed by atoms with Crippen LogP contribution < -0.4 is 5.32 Å². The molecule has 140 valence electrons. The largest absolute Gasteiger partial charge is 0.347 e. The fourth-order valence-electron chi connectivity index (χ4n) is 5.29. The van der Waals surface area contributed by atoms with Gasteiger partial charge in [-0.15, -0.1) is 0 Å². The van der Waals surface area contributed by atoms with Crippen molar-refractivity contribution in [2.75, 3.05) is 39.3 Å². The van der Waals surface area contributed by atoms with Gasteiger partial charge in [0.15, 0.2) is 0 Å². The van der Waals surface area contributed by atoms with Crippen LogP contribution in [0.15, 0.2) is 48.7 Å². The average Bonchev–Trinajstić information content (AvgIpc) is 2.94. The van der Waals surface area contributed by atoms with Gasteiger partial charge in [-0.1, -0.05) is 41.9 Å². The van der Waals surface area contributed by atoms with E-state index in [-0.39, 0.29) is 17.4 Å². The van der Waals surface area contributed by atoms with Crippen molar-refractivity contribution in [1.82, 2.24) is 20.1 Å². The third kappa shape index (κ3) is 2.94. The molecule has 4 saturated heterocycles. The van der Waals surface area contributed by atoms with Crippen LogP contribution in [0.25, 0.3) is 0 Å². The minimum Gasteiger partial charge on any atom is -0.347 e. The highest BCUT2D eigenvalue weighted by molar-refractivity contribution is 6.30. The van der Waals surface area contributed by atoms with Crippen molar-refractivity contribution < 1.29 is 4.79 Å². The van der Waals surface area contributed by atoms with Gasteiger partial charge in [0.05, 0.1) is 5.02 Å². The lowest BCUT2D eigenvalue weighted by Crippen LogP contribution is -2.70. The molecule has 3 atom stereocenters. The molecular weight excluding hydrogens is 360 g/mol. The molecule has 0 aliphatic carbocycles. The van der Waals surface area contributed by atoms with E-state index in [0.29, 0.717) is 16.6 Å². The monoisotopic (exact) mass is 382 g/mol. The molecule has 2 aromatic rings. The number of nitrogens with zero attached hydrogens (tertiary/aromatic N) is 3. The summed E-state index contributed by atoms with van der Waals surface area (Å²) in [6.07, 6.45) is 1.53. The number of fused-ring (bicyclic) bond motifs is 1. The van der Waals surface area contributed by atoms with Crippen molar-refractivity contribution in [2.45, 2.75) is 11.5 Å². The molecule has 6 rings (SSSR count). The first-order valence-corrected chi connectivity index (χ1v) is 9.94. The van der Waals surface area contributed by atoms with Gasteiger partial charge in [-0.05, 0) is 17.7 Å². The third-order valence-corrected chi connectivity index (χ3v) is 6.62. The van der Waals surface area contributed by atoms with Crippen molar-refractivity contribution in [3.63, 3.8) is 0 Å². The molecule has 27 heavy (non-hydrogen) atoms. The lowest BCUT2D eigenvalue weighted by atomic mass is 9.64. The Labute approximate surface area is 164 Å². The molecule has 5 nitrogen and oxygen atoms in total. The highest BCUT2D eigenvalue weighted by Crippen LogP contribution is 2.43. The Bertz CT molecular complexity index is 825. The predicted molar refractivity (Wildman–Crippen MR) is 105 cm³/mol. The van der Waals surface area contributed by atoms with Crippen molar-refractivity contribution in [1.29, 1.82) is 0 Å². The lowest BCUT2D eigenvalue weighted by molar-refractivity contribution is 0.0179. The minimum absolute atomic E-state index is 0.0823. The number of nitrogens with one attached hydrogen (secondary N) is 1. The van der Waals surface area contributed by atoms with Crippen molar-refractivity contribution in [3.05, 3.63) is 64.9 Å². The highest BCUT2D eigenvalue weighted by Gasteiger charge is 2.55. The van der Waals surface area contributed by atoms with E-state index in [1.165, 1.54) is 11.8 Å². The number of benzene rings is 1. The Morgan fingerprint density at radius 3 is 2.41 bits per heavy atom. The summed E-state index contributed by atoms with van der Waals surface area (Å²) in [6.45, 7) is 6.30. The van der Waals surface area contributed by atoms with Gasteiger partial charge in [-0.2, -0.15) is 0 Å². The van der Waals surface area contributed by atoms with Crippen molar-refractivity contribution in [2.24, 2.45) is 5.92 Å². The van der Waals surface area contributed by atoms with E-state index in [2.05, 4.69) is 50.4 Å². The van der Waals surface area contributed by atoms with E-state index in [9.17, 15) is 4.79 Å². The molecule has 1 aromatic carbocycles. The summed E-state index contributed by atoms with van der Waals surface area (Å²) in [6, 6.07) is 14.2.